The van der Waals surface area contributed by atoms with E-state index in [9.17, 15) is 22.8 Å². The van der Waals surface area contributed by atoms with Gasteiger partial charge in [0.05, 0.1) is 17.5 Å². The molecule has 1 saturated heterocycles. The lowest BCUT2D eigenvalue weighted by atomic mass is 10.1. The van der Waals surface area contributed by atoms with Crippen LogP contribution in [0.2, 0.25) is 5.02 Å². The van der Waals surface area contributed by atoms with Crippen LogP contribution in [0.25, 0.3) is 0 Å². The molecule has 0 unspecified atom stereocenters. The summed E-state index contributed by atoms with van der Waals surface area (Å²) in [5, 5.41) is 3.08. The zero-order valence-electron chi connectivity index (χ0n) is 18.9. The Kier molecular flexibility index (Phi) is 7.51. The fourth-order valence-electron chi connectivity index (χ4n) is 4.24. The molecule has 0 bridgehead atoms. The number of nitrogens with two attached hydrogens (primary N) is 1. The normalized spacial score (nSPS) is 30.8. The highest BCUT2D eigenvalue weighted by Gasteiger charge is 2.61. The number of fused-ring (bicyclic) bond motifs is 2. The van der Waals surface area contributed by atoms with Crippen LogP contribution in [0.4, 0.5) is 0 Å². The standard InChI is InChI=1S/C23H27ClN4O6S/c24-16-6-8-17(9-7-16)35(32,33)27-22(31)23-14-15(23)4-1-2-12-34-13-10-18(25)21(30)28-11-3-5-19(28)20(29)26-23/h1,4,6-9,15,18-19H,2,5,10-14,25H2,(H,26,29)(H,27,31)/b4-1-/t15-,18+,19+,23-/m1/s1. The fraction of sp³-hybridized carbons (Fsp3) is 0.478. The van der Waals surface area contributed by atoms with Crippen molar-refractivity contribution < 1.29 is 27.5 Å². The maximum atomic E-state index is 13.3. The van der Waals surface area contributed by atoms with E-state index >= 15 is 0 Å². The van der Waals surface area contributed by atoms with Crippen molar-refractivity contribution in [3.05, 3.63) is 47.9 Å². The summed E-state index contributed by atoms with van der Waals surface area (Å²) in [6.07, 6.45) is 7.84. The monoisotopic (exact) mass is 522 g/mol. The number of nitrogens with one attached hydrogen (secondary N) is 2. The number of hydrogen-bond acceptors (Lipinski definition) is 7. The molecule has 0 aromatic heterocycles. The Morgan fingerprint density at radius 1 is 1.26 bits per heavy atom. The average molecular weight is 523 g/mol. The molecule has 2 radical (unpaired) electrons. The van der Waals surface area contributed by atoms with Gasteiger partial charge in [-0.05, 0) is 49.9 Å². The largest absolute Gasteiger partial charge is 0.381 e. The Morgan fingerprint density at radius 3 is 2.74 bits per heavy atom. The minimum absolute atomic E-state index is 0.134. The van der Waals surface area contributed by atoms with Gasteiger partial charge in [0.1, 0.15) is 11.6 Å². The van der Waals surface area contributed by atoms with Crippen molar-refractivity contribution in [3.63, 3.8) is 0 Å². The SMILES string of the molecule is N[C@H]1CCOCC/C=C\[C@@H]2C[C@@]2(C(=O)NS(=O)(=O)c2ccc(Cl)cc2)NC(=O)[C@@H]2C[C]CN2C1=O. The highest BCUT2D eigenvalue weighted by molar-refractivity contribution is 7.90. The van der Waals surface area contributed by atoms with Crippen LogP contribution in [0.1, 0.15) is 25.7 Å². The van der Waals surface area contributed by atoms with Gasteiger partial charge in [-0.25, -0.2) is 13.1 Å². The second-order valence-corrected chi connectivity index (χ2v) is 10.9. The van der Waals surface area contributed by atoms with E-state index in [1.165, 1.54) is 29.2 Å². The van der Waals surface area contributed by atoms with Gasteiger partial charge in [-0.2, -0.15) is 0 Å². The molecule has 10 nitrogen and oxygen atoms in total. The lowest BCUT2D eigenvalue weighted by Crippen LogP contribution is -2.57. The van der Waals surface area contributed by atoms with Crippen molar-refractivity contribution in [1.29, 1.82) is 0 Å². The molecule has 1 aromatic carbocycles. The minimum atomic E-state index is -4.20. The van der Waals surface area contributed by atoms with Crippen molar-refractivity contribution >= 4 is 39.3 Å². The molecule has 4 rings (SSSR count). The van der Waals surface area contributed by atoms with Gasteiger partial charge in [0.2, 0.25) is 11.8 Å². The quantitative estimate of drug-likeness (QED) is 0.486. The first-order chi connectivity index (χ1) is 16.6. The van der Waals surface area contributed by atoms with Crippen LogP contribution in [0, 0.1) is 12.3 Å². The van der Waals surface area contributed by atoms with E-state index < -0.39 is 51.3 Å². The second kappa shape index (κ2) is 10.3. The summed E-state index contributed by atoms with van der Waals surface area (Å²) in [5.41, 5.74) is 4.56. The summed E-state index contributed by atoms with van der Waals surface area (Å²) in [7, 11) is -4.20. The molecule has 3 aliphatic rings. The molecule has 3 amide bonds. The fourth-order valence-corrected chi connectivity index (χ4v) is 5.40. The molecular weight excluding hydrogens is 496 g/mol. The summed E-state index contributed by atoms with van der Waals surface area (Å²) in [6, 6.07) is 3.65. The van der Waals surface area contributed by atoms with Gasteiger partial charge < -0.3 is 20.7 Å². The number of nitrogens with zero attached hydrogens (tertiary/aromatic N) is 1. The Morgan fingerprint density at radius 2 is 2.00 bits per heavy atom. The van der Waals surface area contributed by atoms with Crippen molar-refractivity contribution in [1.82, 2.24) is 14.9 Å². The molecule has 188 valence electrons. The predicted octanol–water partition coefficient (Wildman–Crippen LogP) is 0.396. The number of hydrogen-bond donors (Lipinski definition) is 3. The number of benzene rings is 1. The van der Waals surface area contributed by atoms with E-state index in [0.29, 0.717) is 31.1 Å². The first-order valence-corrected chi connectivity index (χ1v) is 13.2. The molecular formula is C23H27ClN4O6S. The van der Waals surface area contributed by atoms with Crippen LogP contribution in [-0.4, -0.2) is 68.4 Å². The van der Waals surface area contributed by atoms with Gasteiger partial charge >= 0.3 is 0 Å². The van der Waals surface area contributed by atoms with Crippen molar-refractivity contribution in [2.24, 2.45) is 11.7 Å². The molecule has 1 aromatic rings. The molecule has 0 spiro atoms. The number of rotatable bonds is 3. The van der Waals surface area contributed by atoms with Crippen molar-refractivity contribution in [2.45, 2.75) is 48.2 Å². The predicted molar refractivity (Wildman–Crippen MR) is 126 cm³/mol. The van der Waals surface area contributed by atoms with E-state index in [0.717, 1.165) is 0 Å². The van der Waals surface area contributed by atoms with Crippen molar-refractivity contribution in [3.8, 4) is 0 Å². The Balaban J connectivity index is 1.58. The molecule has 12 heteroatoms. The van der Waals surface area contributed by atoms with Gasteiger partial charge in [0.15, 0.2) is 0 Å². The average Bonchev–Trinajstić information content (AvgIpc) is 3.28. The zero-order valence-corrected chi connectivity index (χ0v) is 20.5. The Labute approximate surface area is 209 Å². The van der Waals surface area contributed by atoms with Crippen LogP contribution in [0.15, 0.2) is 41.3 Å². The van der Waals surface area contributed by atoms with Crippen LogP contribution >= 0.6 is 11.6 Å². The molecule has 35 heavy (non-hydrogen) atoms. The zero-order chi connectivity index (χ0) is 25.2. The molecule has 2 fully saturated rings. The van der Waals surface area contributed by atoms with Crippen molar-refractivity contribution in [2.75, 3.05) is 19.8 Å². The molecule has 1 saturated carbocycles. The van der Waals surface area contributed by atoms with E-state index in [2.05, 4.69) is 16.5 Å². The van der Waals surface area contributed by atoms with Gasteiger partial charge in [-0.15, -0.1) is 0 Å². The Hall–Kier alpha value is -2.47. The molecule has 2 aliphatic heterocycles. The maximum absolute atomic E-state index is 13.3. The smallest absolute Gasteiger partial charge is 0.264 e. The third-order valence-corrected chi connectivity index (χ3v) is 7.99. The van der Waals surface area contributed by atoms with E-state index in [1.807, 2.05) is 6.08 Å². The number of ether oxygens (including phenoxy) is 1. The second-order valence-electron chi connectivity index (χ2n) is 8.82. The number of halogens is 1. The summed E-state index contributed by atoms with van der Waals surface area (Å²) in [5.74, 6) is -2.23. The summed E-state index contributed by atoms with van der Waals surface area (Å²) in [6.45, 7) is 0.838. The third-order valence-electron chi connectivity index (χ3n) is 6.39. The first kappa shape index (κ1) is 25.6. The summed E-state index contributed by atoms with van der Waals surface area (Å²) >= 11 is 5.83. The highest BCUT2D eigenvalue weighted by atomic mass is 35.5. The van der Waals surface area contributed by atoms with Gasteiger partial charge in [0, 0.05) is 30.5 Å². The van der Waals surface area contributed by atoms with E-state index in [-0.39, 0.29) is 24.3 Å². The third kappa shape index (κ3) is 5.53. The van der Waals surface area contributed by atoms with Gasteiger partial charge in [0.25, 0.3) is 15.9 Å². The molecule has 1 aliphatic carbocycles. The number of carbonyl (C=O) groups is 3. The van der Waals surface area contributed by atoms with Crippen LogP contribution in [0.5, 0.6) is 0 Å². The minimum Gasteiger partial charge on any atom is -0.381 e. The summed E-state index contributed by atoms with van der Waals surface area (Å²) in [4.78, 5) is 40.5. The van der Waals surface area contributed by atoms with Crippen LogP contribution in [-0.2, 0) is 29.1 Å². The van der Waals surface area contributed by atoms with Crippen LogP contribution in [0.3, 0.4) is 0 Å². The topological polar surface area (TPSA) is 148 Å². The molecule has 2 heterocycles. The lowest BCUT2D eigenvalue weighted by Gasteiger charge is -2.28. The van der Waals surface area contributed by atoms with E-state index in [4.69, 9.17) is 22.1 Å². The van der Waals surface area contributed by atoms with Gasteiger partial charge in [-0.3, -0.25) is 14.4 Å². The highest BCUT2D eigenvalue weighted by Crippen LogP contribution is 2.45. The Bertz CT molecular complexity index is 1130. The molecule has 4 atom stereocenters. The van der Waals surface area contributed by atoms with E-state index in [1.54, 1.807) is 6.08 Å². The number of amides is 3. The summed E-state index contributed by atoms with van der Waals surface area (Å²) < 4.78 is 33.2. The number of carbonyl (C=O) groups excluding carboxylic acids is 3. The van der Waals surface area contributed by atoms with Gasteiger partial charge in [-0.1, -0.05) is 23.8 Å². The molecule has 4 N–H and O–H groups in total. The lowest BCUT2D eigenvalue weighted by molar-refractivity contribution is -0.140. The number of sulfonamides is 1. The van der Waals surface area contributed by atoms with Crippen LogP contribution < -0.4 is 15.8 Å². The maximum Gasteiger partial charge on any atom is 0.264 e. The first-order valence-electron chi connectivity index (χ1n) is 11.3.